The Kier molecular flexibility index (Phi) is 3.51. The molecule has 102 valence electrons. The number of hydrogen-bond donors (Lipinski definition) is 0. The summed E-state index contributed by atoms with van der Waals surface area (Å²) in [5.41, 5.74) is 0.493. The highest BCUT2D eigenvalue weighted by Crippen LogP contribution is 2.28. The van der Waals surface area contributed by atoms with Crippen LogP contribution in [0.15, 0.2) is 0 Å². The highest BCUT2D eigenvalue weighted by atomic mass is 15.4. The quantitative estimate of drug-likeness (QED) is 0.658. The maximum Gasteiger partial charge on any atom is 0.0457 e. The molecule has 2 heterocycles. The molecule has 0 N–H and O–H groups in total. The van der Waals surface area contributed by atoms with E-state index in [1.165, 1.54) is 26.2 Å². The van der Waals surface area contributed by atoms with Crippen molar-refractivity contribution in [1.82, 2.24) is 9.80 Å². The van der Waals surface area contributed by atoms with E-state index in [-0.39, 0.29) is 5.41 Å². The highest BCUT2D eigenvalue weighted by molar-refractivity contribution is 5.15. The van der Waals surface area contributed by atoms with Crippen LogP contribution in [0.5, 0.6) is 0 Å². The molecule has 0 radical (unpaired) electrons. The van der Waals surface area contributed by atoms with E-state index in [1.54, 1.807) is 0 Å². The zero-order chi connectivity index (χ0) is 13.6. The van der Waals surface area contributed by atoms with Gasteiger partial charge in [-0.1, -0.05) is 11.8 Å². The minimum absolute atomic E-state index is 0.153. The van der Waals surface area contributed by atoms with Crippen LogP contribution in [0.4, 0.5) is 0 Å². The van der Waals surface area contributed by atoms with Crippen molar-refractivity contribution in [1.29, 1.82) is 0 Å². The first kappa shape index (κ1) is 13.9. The van der Waals surface area contributed by atoms with Crippen molar-refractivity contribution < 1.29 is 0 Å². The Balaban J connectivity index is 1.71. The Morgan fingerprint density at radius 2 is 1.44 bits per heavy atom. The molecule has 0 saturated carbocycles. The molecule has 0 aliphatic carbocycles. The molecule has 0 aromatic heterocycles. The normalized spacial score (nSPS) is 24.1. The van der Waals surface area contributed by atoms with Gasteiger partial charge in [0.2, 0.25) is 0 Å². The third kappa shape index (κ3) is 3.28. The van der Waals surface area contributed by atoms with E-state index in [1.807, 2.05) is 0 Å². The molecule has 0 aromatic carbocycles. The second kappa shape index (κ2) is 4.54. The van der Waals surface area contributed by atoms with E-state index in [9.17, 15) is 0 Å². The molecule has 0 spiro atoms. The van der Waals surface area contributed by atoms with Gasteiger partial charge in [0.1, 0.15) is 0 Å². The molecule has 0 bridgehead atoms. The summed E-state index contributed by atoms with van der Waals surface area (Å²) < 4.78 is 0. The summed E-state index contributed by atoms with van der Waals surface area (Å²) >= 11 is 0. The van der Waals surface area contributed by atoms with Crippen LogP contribution in [0.25, 0.3) is 0 Å². The van der Waals surface area contributed by atoms with Gasteiger partial charge in [-0.25, -0.2) is 0 Å². The molecule has 0 unspecified atom stereocenters. The van der Waals surface area contributed by atoms with Crippen LogP contribution in [0.1, 0.15) is 41.5 Å². The van der Waals surface area contributed by atoms with E-state index < -0.39 is 0 Å². The zero-order valence-electron chi connectivity index (χ0n) is 12.9. The van der Waals surface area contributed by atoms with E-state index in [2.05, 4.69) is 63.2 Å². The van der Waals surface area contributed by atoms with E-state index in [0.29, 0.717) is 11.5 Å². The molecule has 2 saturated heterocycles. The number of likely N-dealkylation sites (tertiary alicyclic amines) is 2. The molecule has 2 heteroatoms. The Morgan fingerprint density at radius 1 is 0.889 bits per heavy atom. The summed E-state index contributed by atoms with van der Waals surface area (Å²) in [6.07, 6.45) is 0. The van der Waals surface area contributed by atoms with Gasteiger partial charge in [0.25, 0.3) is 0 Å². The lowest BCUT2D eigenvalue weighted by Crippen LogP contribution is -2.68. The highest BCUT2D eigenvalue weighted by Gasteiger charge is 2.41. The van der Waals surface area contributed by atoms with Crippen LogP contribution in [0.3, 0.4) is 0 Å². The van der Waals surface area contributed by atoms with Crippen LogP contribution in [0, 0.1) is 23.2 Å². The standard InChI is InChI=1S/C16H28N2/c1-15(2,3)8-7-13-9-17(10-13)14-11-18(12-14)16(4,5)6/h13-14H,9-12H2,1-6H3. The summed E-state index contributed by atoms with van der Waals surface area (Å²) in [4.78, 5) is 5.16. The van der Waals surface area contributed by atoms with Crippen LogP contribution in [-0.4, -0.2) is 47.6 Å². The summed E-state index contributed by atoms with van der Waals surface area (Å²) in [5, 5.41) is 0. The van der Waals surface area contributed by atoms with Crippen LogP contribution < -0.4 is 0 Å². The van der Waals surface area contributed by atoms with Gasteiger partial charge in [0.05, 0.1) is 0 Å². The number of rotatable bonds is 1. The van der Waals surface area contributed by atoms with Crippen molar-refractivity contribution in [3.63, 3.8) is 0 Å². The summed E-state index contributed by atoms with van der Waals surface area (Å²) in [5.74, 6) is 7.41. The Hall–Kier alpha value is -0.520. The van der Waals surface area contributed by atoms with E-state index in [0.717, 1.165) is 6.04 Å². The number of nitrogens with zero attached hydrogens (tertiary/aromatic N) is 2. The predicted molar refractivity (Wildman–Crippen MR) is 77.4 cm³/mol. The zero-order valence-corrected chi connectivity index (χ0v) is 12.9. The van der Waals surface area contributed by atoms with Gasteiger partial charge in [-0.2, -0.15) is 0 Å². The Morgan fingerprint density at radius 3 is 1.89 bits per heavy atom. The second-order valence-corrected chi connectivity index (χ2v) is 7.90. The maximum absolute atomic E-state index is 3.43. The topological polar surface area (TPSA) is 6.48 Å². The van der Waals surface area contributed by atoms with Crippen molar-refractivity contribution in [3.05, 3.63) is 0 Å². The smallest absolute Gasteiger partial charge is 0.0457 e. The van der Waals surface area contributed by atoms with Crippen LogP contribution in [0.2, 0.25) is 0 Å². The van der Waals surface area contributed by atoms with Crippen LogP contribution >= 0.6 is 0 Å². The SMILES string of the molecule is CC(C)(C)C#CC1CN(C2CN(C(C)(C)C)C2)C1. The van der Waals surface area contributed by atoms with Crippen LogP contribution in [-0.2, 0) is 0 Å². The Labute approximate surface area is 113 Å². The van der Waals surface area contributed by atoms with Gasteiger partial charge in [-0.05, 0) is 41.5 Å². The van der Waals surface area contributed by atoms with Gasteiger partial charge in [0, 0.05) is 49.1 Å². The first-order chi connectivity index (χ1) is 8.15. The van der Waals surface area contributed by atoms with E-state index in [4.69, 9.17) is 0 Å². The second-order valence-electron chi connectivity index (χ2n) is 7.90. The van der Waals surface area contributed by atoms with Crippen molar-refractivity contribution in [2.24, 2.45) is 11.3 Å². The largest absolute Gasteiger partial charge is 0.295 e. The molecule has 0 atom stereocenters. The fraction of sp³-hybridized carbons (Fsp3) is 0.875. The average molecular weight is 248 g/mol. The van der Waals surface area contributed by atoms with Crippen molar-refractivity contribution in [3.8, 4) is 11.8 Å². The molecule has 2 aliphatic rings. The molecular weight excluding hydrogens is 220 g/mol. The maximum atomic E-state index is 3.43. The fourth-order valence-electron chi connectivity index (χ4n) is 2.45. The molecular formula is C16H28N2. The van der Waals surface area contributed by atoms with Gasteiger partial charge in [-0.3, -0.25) is 9.80 Å². The summed E-state index contributed by atoms with van der Waals surface area (Å²) in [7, 11) is 0. The van der Waals surface area contributed by atoms with Gasteiger partial charge in [-0.15, -0.1) is 0 Å². The molecule has 0 amide bonds. The van der Waals surface area contributed by atoms with Gasteiger partial charge < -0.3 is 0 Å². The van der Waals surface area contributed by atoms with Gasteiger partial charge in [0.15, 0.2) is 0 Å². The average Bonchev–Trinajstić information content (AvgIpc) is 1.99. The first-order valence-electron chi connectivity index (χ1n) is 7.17. The third-order valence-corrected chi connectivity index (χ3v) is 3.89. The lowest BCUT2D eigenvalue weighted by Gasteiger charge is -2.55. The minimum atomic E-state index is 0.153. The molecule has 2 fully saturated rings. The molecule has 2 rings (SSSR count). The summed E-state index contributed by atoms with van der Waals surface area (Å²) in [6.45, 7) is 18.3. The van der Waals surface area contributed by atoms with Crippen molar-refractivity contribution >= 4 is 0 Å². The molecule has 2 nitrogen and oxygen atoms in total. The predicted octanol–water partition coefficient (Wildman–Crippen LogP) is 2.45. The summed E-state index contributed by atoms with van der Waals surface area (Å²) in [6, 6.07) is 0.789. The lowest BCUT2D eigenvalue weighted by molar-refractivity contribution is -0.0549. The number of hydrogen-bond acceptors (Lipinski definition) is 2. The minimum Gasteiger partial charge on any atom is -0.295 e. The molecule has 2 aliphatic heterocycles. The van der Waals surface area contributed by atoms with Crippen molar-refractivity contribution in [2.45, 2.75) is 53.1 Å². The van der Waals surface area contributed by atoms with E-state index >= 15 is 0 Å². The third-order valence-electron chi connectivity index (χ3n) is 3.89. The van der Waals surface area contributed by atoms with Crippen molar-refractivity contribution in [2.75, 3.05) is 26.2 Å². The first-order valence-corrected chi connectivity index (χ1v) is 7.17. The van der Waals surface area contributed by atoms with Gasteiger partial charge >= 0.3 is 0 Å². The lowest BCUT2D eigenvalue weighted by atomic mass is 9.90. The molecule has 0 aromatic rings. The fourth-order valence-corrected chi connectivity index (χ4v) is 2.45. The Bertz CT molecular complexity index is 349. The monoisotopic (exact) mass is 248 g/mol. The molecule has 18 heavy (non-hydrogen) atoms.